The number of carbonyl (C=O) groups excluding carboxylic acids is 1. The normalized spacial score (nSPS) is 29.9. The van der Waals surface area contributed by atoms with Gasteiger partial charge in [0, 0.05) is 5.92 Å². The van der Waals surface area contributed by atoms with Crippen LogP contribution in [-0.2, 0) is 9.53 Å². The molecule has 2 aliphatic rings. The number of ether oxygens (including phenoxy) is 1. The predicted octanol–water partition coefficient (Wildman–Crippen LogP) is 2.05. The van der Waals surface area contributed by atoms with E-state index in [1.165, 1.54) is 0 Å². The largest absolute Gasteiger partial charge is 0.380 e. The SMILES string of the molecule is O=C(NOc1ccccc1)C1C[C@H]2CC[C@@H](C1)O2. The molecule has 96 valence electrons. The van der Waals surface area contributed by atoms with E-state index in [2.05, 4.69) is 5.48 Å². The minimum Gasteiger partial charge on any atom is -0.380 e. The molecule has 0 saturated carbocycles. The van der Waals surface area contributed by atoms with Crippen molar-refractivity contribution in [2.45, 2.75) is 37.9 Å². The highest BCUT2D eigenvalue weighted by atomic mass is 16.7. The van der Waals surface area contributed by atoms with Crippen LogP contribution in [0.25, 0.3) is 0 Å². The van der Waals surface area contributed by atoms with Crippen LogP contribution in [-0.4, -0.2) is 18.1 Å². The molecule has 3 atom stereocenters. The lowest BCUT2D eigenvalue weighted by Crippen LogP contribution is -2.38. The molecule has 4 heteroatoms. The summed E-state index contributed by atoms with van der Waals surface area (Å²) in [5.74, 6) is 0.653. The van der Waals surface area contributed by atoms with Gasteiger partial charge in [0.2, 0.25) is 0 Å². The molecule has 2 fully saturated rings. The number of benzene rings is 1. The highest BCUT2D eigenvalue weighted by Crippen LogP contribution is 2.35. The van der Waals surface area contributed by atoms with Gasteiger partial charge in [0.1, 0.15) is 0 Å². The number of para-hydroxylation sites is 1. The lowest BCUT2D eigenvalue weighted by Gasteiger charge is -2.27. The Morgan fingerprint density at radius 2 is 1.83 bits per heavy atom. The van der Waals surface area contributed by atoms with Crippen LogP contribution in [0.4, 0.5) is 0 Å². The van der Waals surface area contributed by atoms with Gasteiger partial charge in [-0.2, -0.15) is 5.48 Å². The summed E-state index contributed by atoms with van der Waals surface area (Å²) in [4.78, 5) is 17.3. The van der Waals surface area contributed by atoms with Gasteiger partial charge in [-0.1, -0.05) is 18.2 Å². The van der Waals surface area contributed by atoms with E-state index in [0.717, 1.165) is 25.7 Å². The Kier molecular flexibility index (Phi) is 3.19. The lowest BCUT2D eigenvalue weighted by molar-refractivity contribution is -0.137. The van der Waals surface area contributed by atoms with Gasteiger partial charge in [-0.15, -0.1) is 0 Å². The number of amides is 1. The number of nitrogens with one attached hydrogen (secondary N) is 1. The summed E-state index contributed by atoms with van der Waals surface area (Å²) in [6.07, 6.45) is 4.37. The lowest BCUT2D eigenvalue weighted by atomic mass is 9.95. The fourth-order valence-electron chi connectivity index (χ4n) is 2.75. The zero-order chi connectivity index (χ0) is 12.4. The van der Waals surface area contributed by atoms with E-state index in [0.29, 0.717) is 5.75 Å². The van der Waals surface area contributed by atoms with Crippen molar-refractivity contribution in [3.63, 3.8) is 0 Å². The molecular weight excluding hydrogens is 230 g/mol. The summed E-state index contributed by atoms with van der Waals surface area (Å²) >= 11 is 0. The van der Waals surface area contributed by atoms with E-state index in [1.54, 1.807) is 0 Å². The number of carbonyl (C=O) groups is 1. The number of fused-ring (bicyclic) bond motifs is 2. The maximum Gasteiger partial charge on any atom is 0.255 e. The monoisotopic (exact) mass is 247 g/mol. The minimum atomic E-state index is -0.0287. The quantitative estimate of drug-likeness (QED) is 0.832. The Balaban J connectivity index is 1.53. The minimum absolute atomic E-state index is 0.0277. The molecule has 2 heterocycles. The molecule has 4 nitrogen and oxygen atoms in total. The van der Waals surface area contributed by atoms with Crippen LogP contribution in [0.3, 0.4) is 0 Å². The molecule has 1 N–H and O–H groups in total. The van der Waals surface area contributed by atoms with Crippen LogP contribution in [0.5, 0.6) is 5.75 Å². The standard InChI is InChI=1S/C14H17NO3/c16-14(15-18-11-4-2-1-3-5-11)10-8-12-6-7-13(9-10)17-12/h1-5,10,12-13H,6-9H2,(H,15,16)/t10?,12-,13+. The van der Waals surface area contributed by atoms with E-state index in [-0.39, 0.29) is 24.0 Å². The molecule has 0 spiro atoms. The maximum absolute atomic E-state index is 12.0. The van der Waals surface area contributed by atoms with Crippen molar-refractivity contribution >= 4 is 5.91 Å². The predicted molar refractivity (Wildman–Crippen MR) is 65.8 cm³/mol. The summed E-state index contributed by atoms with van der Waals surface area (Å²) in [5, 5.41) is 0. The highest BCUT2D eigenvalue weighted by Gasteiger charge is 2.38. The third-order valence-corrected chi connectivity index (χ3v) is 3.67. The molecule has 1 amide bonds. The van der Waals surface area contributed by atoms with Crippen molar-refractivity contribution in [3.05, 3.63) is 30.3 Å². The molecule has 3 rings (SSSR count). The number of hydrogen-bond acceptors (Lipinski definition) is 3. The van der Waals surface area contributed by atoms with Gasteiger partial charge >= 0.3 is 0 Å². The summed E-state index contributed by atoms with van der Waals surface area (Å²) in [6, 6.07) is 9.28. The summed E-state index contributed by atoms with van der Waals surface area (Å²) in [5.41, 5.74) is 2.54. The zero-order valence-corrected chi connectivity index (χ0v) is 10.2. The fourth-order valence-corrected chi connectivity index (χ4v) is 2.75. The summed E-state index contributed by atoms with van der Waals surface area (Å²) in [6.45, 7) is 0. The van der Waals surface area contributed by atoms with Gasteiger partial charge in [-0.3, -0.25) is 4.79 Å². The second-order valence-corrected chi connectivity index (χ2v) is 5.01. The summed E-state index contributed by atoms with van der Waals surface area (Å²) < 4.78 is 5.72. The molecule has 18 heavy (non-hydrogen) atoms. The third kappa shape index (κ3) is 2.48. The number of rotatable bonds is 3. The van der Waals surface area contributed by atoms with Crippen LogP contribution >= 0.6 is 0 Å². The van der Waals surface area contributed by atoms with Crippen LogP contribution in [0.1, 0.15) is 25.7 Å². The van der Waals surface area contributed by atoms with Crippen LogP contribution in [0.2, 0.25) is 0 Å². The van der Waals surface area contributed by atoms with Crippen LogP contribution in [0, 0.1) is 5.92 Å². The Labute approximate surface area is 106 Å². The molecule has 0 radical (unpaired) electrons. The van der Waals surface area contributed by atoms with Gasteiger partial charge in [0.25, 0.3) is 5.91 Å². The maximum atomic E-state index is 12.0. The highest BCUT2D eigenvalue weighted by molar-refractivity contribution is 5.78. The Morgan fingerprint density at radius 3 is 2.50 bits per heavy atom. The number of hydroxylamine groups is 1. The Morgan fingerprint density at radius 1 is 1.17 bits per heavy atom. The van der Waals surface area contributed by atoms with E-state index >= 15 is 0 Å². The first-order valence-electron chi connectivity index (χ1n) is 6.48. The Bertz CT molecular complexity index is 408. The first-order valence-corrected chi connectivity index (χ1v) is 6.48. The average Bonchev–Trinajstić information content (AvgIpc) is 2.76. The van der Waals surface area contributed by atoms with Gasteiger partial charge in [0.05, 0.1) is 12.2 Å². The molecule has 1 aromatic rings. The molecule has 2 saturated heterocycles. The van der Waals surface area contributed by atoms with Crippen molar-refractivity contribution in [1.29, 1.82) is 0 Å². The second kappa shape index (κ2) is 4.98. The van der Waals surface area contributed by atoms with E-state index in [9.17, 15) is 4.79 Å². The van der Waals surface area contributed by atoms with Gasteiger partial charge < -0.3 is 9.57 Å². The fraction of sp³-hybridized carbons (Fsp3) is 0.500. The first kappa shape index (κ1) is 11.5. The van der Waals surface area contributed by atoms with E-state index < -0.39 is 0 Å². The Hall–Kier alpha value is -1.55. The molecular formula is C14H17NO3. The van der Waals surface area contributed by atoms with Gasteiger partial charge in [-0.05, 0) is 37.8 Å². The molecule has 2 aliphatic heterocycles. The van der Waals surface area contributed by atoms with Crippen LogP contribution in [0.15, 0.2) is 30.3 Å². The third-order valence-electron chi connectivity index (χ3n) is 3.67. The van der Waals surface area contributed by atoms with Crippen molar-refractivity contribution < 1.29 is 14.4 Å². The summed E-state index contributed by atoms with van der Waals surface area (Å²) in [7, 11) is 0. The second-order valence-electron chi connectivity index (χ2n) is 5.01. The van der Waals surface area contributed by atoms with Crippen molar-refractivity contribution in [2.24, 2.45) is 5.92 Å². The zero-order valence-electron chi connectivity index (χ0n) is 10.2. The van der Waals surface area contributed by atoms with Gasteiger partial charge in [0.15, 0.2) is 5.75 Å². The molecule has 2 bridgehead atoms. The number of hydrogen-bond donors (Lipinski definition) is 1. The van der Waals surface area contributed by atoms with E-state index in [4.69, 9.17) is 9.57 Å². The molecule has 1 unspecified atom stereocenters. The van der Waals surface area contributed by atoms with Crippen molar-refractivity contribution in [1.82, 2.24) is 5.48 Å². The van der Waals surface area contributed by atoms with Crippen molar-refractivity contribution in [3.8, 4) is 5.75 Å². The molecule has 1 aromatic carbocycles. The van der Waals surface area contributed by atoms with Crippen LogP contribution < -0.4 is 10.3 Å². The smallest absolute Gasteiger partial charge is 0.255 e. The first-order chi connectivity index (χ1) is 8.81. The van der Waals surface area contributed by atoms with Gasteiger partial charge in [-0.25, -0.2) is 0 Å². The van der Waals surface area contributed by atoms with Crippen molar-refractivity contribution in [2.75, 3.05) is 0 Å². The average molecular weight is 247 g/mol. The molecule has 0 aliphatic carbocycles. The van der Waals surface area contributed by atoms with E-state index in [1.807, 2.05) is 30.3 Å². The molecule has 0 aromatic heterocycles. The topological polar surface area (TPSA) is 47.6 Å².